The van der Waals surface area contributed by atoms with E-state index in [2.05, 4.69) is 0 Å². The minimum absolute atomic E-state index is 0.263. The summed E-state index contributed by atoms with van der Waals surface area (Å²) in [5, 5.41) is 0. The van der Waals surface area contributed by atoms with Crippen molar-refractivity contribution in [2.24, 2.45) is 11.7 Å². The number of ether oxygens (including phenoxy) is 1. The minimum Gasteiger partial charge on any atom is -0.466 e. The van der Waals surface area contributed by atoms with Gasteiger partial charge in [-0.1, -0.05) is 38.1 Å². The maximum atomic E-state index is 12.8. The van der Waals surface area contributed by atoms with Crippen LogP contribution in [0.25, 0.3) is 11.1 Å². The number of hydrogen-bond acceptors (Lipinski definition) is 3. The number of hydrogen-bond donors (Lipinski definition) is 1. The normalized spacial score (nSPS) is 12.9. The standard InChI is InChI=1S/C22H26F3NO2/c1-4-28-21(27)20(9-14(2)3)18-11-15(13-26)10-17(12-18)16-5-7-19(8-6-16)22(23,24)25/h5-8,10-12,14,20H,4,9,13,26H2,1-3H3. The Labute approximate surface area is 163 Å². The molecule has 0 saturated heterocycles. The first-order chi connectivity index (χ1) is 13.2. The first-order valence-electron chi connectivity index (χ1n) is 9.33. The van der Waals surface area contributed by atoms with Gasteiger partial charge in [-0.3, -0.25) is 4.79 Å². The summed E-state index contributed by atoms with van der Waals surface area (Å²) in [5.41, 5.74) is 8.06. The number of benzene rings is 2. The number of carbonyl (C=O) groups excluding carboxylic acids is 1. The Balaban J connectivity index is 2.48. The van der Waals surface area contributed by atoms with Gasteiger partial charge in [0.15, 0.2) is 0 Å². The molecule has 0 amide bonds. The largest absolute Gasteiger partial charge is 0.466 e. The second-order valence-corrected chi connectivity index (χ2v) is 7.18. The average Bonchev–Trinajstić information content (AvgIpc) is 2.65. The van der Waals surface area contributed by atoms with Crippen LogP contribution in [0, 0.1) is 5.92 Å². The van der Waals surface area contributed by atoms with Crippen LogP contribution in [-0.2, 0) is 22.3 Å². The summed E-state index contributed by atoms with van der Waals surface area (Å²) in [6.45, 7) is 6.36. The zero-order chi connectivity index (χ0) is 20.9. The van der Waals surface area contributed by atoms with Gasteiger partial charge in [-0.05, 0) is 59.7 Å². The fourth-order valence-electron chi connectivity index (χ4n) is 3.14. The zero-order valence-corrected chi connectivity index (χ0v) is 16.3. The van der Waals surface area contributed by atoms with Crippen LogP contribution in [0.5, 0.6) is 0 Å². The highest BCUT2D eigenvalue weighted by molar-refractivity contribution is 5.79. The number of alkyl halides is 3. The van der Waals surface area contributed by atoms with Gasteiger partial charge < -0.3 is 10.5 Å². The number of rotatable bonds is 7. The SMILES string of the molecule is CCOC(=O)C(CC(C)C)c1cc(CN)cc(-c2ccc(C(F)(F)F)cc2)c1. The fourth-order valence-corrected chi connectivity index (χ4v) is 3.14. The van der Waals surface area contributed by atoms with Gasteiger partial charge in [0.1, 0.15) is 0 Å². The molecule has 0 saturated carbocycles. The minimum atomic E-state index is -4.38. The van der Waals surface area contributed by atoms with Gasteiger partial charge in [-0.15, -0.1) is 0 Å². The summed E-state index contributed by atoms with van der Waals surface area (Å²) < 4.78 is 43.7. The molecule has 0 heterocycles. The summed E-state index contributed by atoms with van der Waals surface area (Å²) >= 11 is 0. The van der Waals surface area contributed by atoms with E-state index in [0.717, 1.165) is 28.8 Å². The molecule has 1 atom stereocenters. The third-order valence-corrected chi connectivity index (χ3v) is 4.48. The van der Waals surface area contributed by atoms with Gasteiger partial charge in [0.25, 0.3) is 0 Å². The van der Waals surface area contributed by atoms with Crippen molar-refractivity contribution in [2.45, 2.75) is 45.8 Å². The van der Waals surface area contributed by atoms with E-state index >= 15 is 0 Å². The molecular formula is C22H26F3NO2. The molecule has 0 bridgehead atoms. The summed E-state index contributed by atoms with van der Waals surface area (Å²) in [5.74, 6) is -0.478. The molecule has 2 rings (SSSR count). The monoisotopic (exact) mass is 393 g/mol. The van der Waals surface area contributed by atoms with Crippen molar-refractivity contribution in [1.29, 1.82) is 0 Å². The van der Waals surface area contributed by atoms with Crippen molar-refractivity contribution in [3.8, 4) is 11.1 Å². The van der Waals surface area contributed by atoms with Crippen molar-refractivity contribution in [3.05, 3.63) is 59.2 Å². The van der Waals surface area contributed by atoms with E-state index in [4.69, 9.17) is 10.5 Å². The summed E-state index contributed by atoms with van der Waals surface area (Å²) in [6, 6.07) is 10.5. The lowest BCUT2D eigenvalue weighted by Gasteiger charge is -2.20. The summed E-state index contributed by atoms with van der Waals surface area (Å²) in [6.07, 6.45) is -3.77. The Morgan fingerprint density at radius 3 is 2.21 bits per heavy atom. The van der Waals surface area contributed by atoms with E-state index in [1.807, 2.05) is 32.0 Å². The van der Waals surface area contributed by atoms with Gasteiger partial charge in [-0.2, -0.15) is 13.2 Å². The zero-order valence-electron chi connectivity index (χ0n) is 16.3. The van der Waals surface area contributed by atoms with E-state index in [-0.39, 0.29) is 25.0 Å². The van der Waals surface area contributed by atoms with Gasteiger partial charge in [-0.25, -0.2) is 0 Å². The third kappa shape index (κ3) is 5.58. The predicted molar refractivity (Wildman–Crippen MR) is 104 cm³/mol. The van der Waals surface area contributed by atoms with E-state index in [1.165, 1.54) is 12.1 Å². The quantitative estimate of drug-likeness (QED) is 0.630. The highest BCUT2D eigenvalue weighted by Crippen LogP contribution is 2.33. The second kappa shape index (κ2) is 9.24. The smallest absolute Gasteiger partial charge is 0.416 e. The molecule has 6 heteroatoms. The third-order valence-electron chi connectivity index (χ3n) is 4.48. The molecule has 3 nitrogen and oxygen atoms in total. The molecular weight excluding hydrogens is 367 g/mol. The van der Waals surface area contributed by atoms with Crippen molar-refractivity contribution < 1.29 is 22.7 Å². The van der Waals surface area contributed by atoms with Crippen LogP contribution in [0.2, 0.25) is 0 Å². The predicted octanol–water partition coefficient (Wildman–Crippen LogP) is 5.52. The molecule has 0 aromatic heterocycles. The van der Waals surface area contributed by atoms with Crippen molar-refractivity contribution in [1.82, 2.24) is 0 Å². The topological polar surface area (TPSA) is 52.3 Å². The van der Waals surface area contributed by atoms with Gasteiger partial charge in [0.2, 0.25) is 0 Å². The Bertz CT molecular complexity index is 798. The van der Waals surface area contributed by atoms with Gasteiger partial charge >= 0.3 is 12.1 Å². The maximum Gasteiger partial charge on any atom is 0.416 e. The summed E-state index contributed by atoms with van der Waals surface area (Å²) in [4.78, 5) is 12.5. The molecule has 0 aliphatic carbocycles. The lowest BCUT2D eigenvalue weighted by molar-refractivity contribution is -0.145. The van der Waals surface area contributed by atoms with E-state index in [0.29, 0.717) is 12.0 Å². The molecule has 2 aromatic rings. The Morgan fingerprint density at radius 2 is 1.71 bits per heavy atom. The number of esters is 1. The average molecular weight is 393 g/mol. The Morgan fingerprint density at radius 1 is 1.07 bits per heavy atom. The molecule has 0 spiro atoms. The summed E-state index contributed by atoms with van der Waals surface area (Å²) in [7, 11) is 0. The molecule has 1 unspecified atom stereocenters. The first kappa shape index (κ1) is 22.0. The molecule has 2 N–H and O–H groups in total. The Kier molecular flexibility index (Phi) is 7.24. The molecule has 0 aliphatic rings. The van der Waals surface area contributed by atoms with E-state index in [1.54, 1.807) is 6.92 Å². The lowest BCUT2D eigenvalue weighted by Crippen LogP contribution is -2.18. The van der Waals surface area contributed by atoms with Crippen LogP contribution in [0.3, 0.4) is 0 Å². The highest BCUT2D eigenvalue weighted by Gasteiger charge is 2.30. The van der Waals surface area contributed by atoms with Crippen LogP contribution < -0.4 is 5.73 Å². The molecule has 0 aliphatic heterocycles. The second-order valence-electron chi connectivity index (χ2n) is 7.18. The number of halogens is 3. The maximum absolute atomic E-state index is 12.8. The van der Waals surface area contributed by atoms with Gasteiger partial charge in [0, 0.05) is 6.54 Å². The fraction of sp³-hybridized carbons (Fsp3) is 0.409. The Hall–Kier alpha value is -2.34. The van der Waals surface area contributed by atoms with Crippen LogP contribution in [-0.4, -0.2) is 12.6 Å². The van der Waals surface area contributed by atoms with Crippen LogP contribution in [0.1, 0.15) is 49.8 Å². The van der Waals surface area contributed by atoms with Crippen molar-refractivity contribution in [3.63, 3.8) is 0 Å². The molecule has 0 radical (unpaired) electrons. The molecule has 28 heavy (non-hydrogen) atoms. The molecule has 152 valence electrons. The van der Waals surface area contributed by atoms with Crippen LogP contribution in [0.4, 0.5) is 13.2 Å². The van der Waals surface area contributed by atoms with Crippen molar-refractivity contribution >= 4 is 5.97 Å². The first-order valence-corrected chi connectivity index (χ1v) is 9.33. The van der Waals surface area contributed by atoms with Crippen LogP contribution in [0.15, 0.2) is 42.5 Å². The van der Waals surface area contributed by atoms with E-state index in [9.17, 15) is 18.0 Å². The van der Waals surface area contributed by atoms with Gasteiger partial charge in [0.05, 0.1) is 18.1 Å². The van der Waals surface area contributed by atoms with Crippen LogP contribution >= 0.6 is 0 Å². The number of nitrogens with two attached hydrogens (primary N) is 1. The van der Waals surface area contributed by atoms with Crippen molar-refractivity contribution in [2.75, 3.05) is 6.61 Å². The highest BCUT2D eigenvalue weighted by atomic mass is 19.4. The molecule has 0 fully saturated rings. The lowest BCUT2D eigenvalue weighted by atomic mass is 9.87. The molecule has 2 aromatic carbocycles. The van der Waals surface area contributed by atoms with E-state index < -0.39 is 17.7 Å². The number of carbonyl (C=O) groups is 1.